The summed E-state index contributed by atoms with van der Waals surface area (Å²) in [5, 5.41) is 19.8. The van der Waals surface area contributed by atoms with Crippen LogP contribution in [0.3, 0.4) is 0 Å². The van der Waals surface area contributed by atoms with E-state index in [1.807, 2.05) is 0 Å². The molecule has 0 fully saturated rings. The molecular weight excluding hydrogens is 416 g/mol. The van der Waals surface area contributed by atoms with Crippen LogP contribution >= 0.6 is 47.8 Å². The number of aromatic hydroxyl groups is 2. The molecule has 0 heterocycles. The summed E-state index contributed by atoms with van der Waals surface area (Å²) >= 11 is 10.1. The molecule has 2 N–H and O–H groups in total. The summed E-state index contributed by atoms with van der Waals surface area (Å²) in [6, 6.07) is 8.44. The van der Waals surface area contributed by atoms with E-state index in [0.717, 1.165) is 8.95 Å². The van der Waals surface area contributed by atoms with Crippen molar-refractivity contribution in [3.05, 3.63) is 43.7 Å². The monoisotopic (exact) mass is 420 g/mol. The number of halogens is 3. The molecule has 0 aliphatic carbocycles. The van der Waals surface area contributed by atoms with E-state index in [1.165, 1.54) is 0 Å². The number of phenols is 2. The second-order valence-electron chi connectivity index (χ2n) is 3.40. The van der Waals surface area contributed by atoms with Gasteiger partial charge in [0.25, 0.3) is 0 Å². The first-order valence-corrected chi connectivity index (χ1v) is 7.05. The van der Waals surface area contributed by atoms with Gasteiger partial charge in [-0.15, -0.1) is 0 Å². The Morgan fingerprint density at radius 1 is 0.824 bits per heavy atom. The smallest absolute Gasteiger partial charge is 0.125 e. The molecule has 88 valence electrons. The first-order chi connectivity index (χ1) is 8.02. The first kappa shape index (κ1) is 12.9. The molecule has 17 heavy (non-hydrogen) atoms. The predicted octanol–water partition coefficient (Wildman–Crippen LogP) is 5.05. The molecule has 0 amide bonds. The number of benzene rings is 2. The van der Waals surface area contributed by atoms with Crippen LogP contribution in [0.5, 0.6) is 11.5 Å². The standard InChI is InChI=1S/C12H7Br3O2/c13-7-5-9(17)10(12(15)11(7)14)6-3-1-2-4-8(6)16/h1-5,16-17H. The van der Waals surface area contributed by atoms with Crippen LogP contribution in [0.25, 0.3) is 11.1 Å². The lowest BCUT2D eigenvalue weighted by molar-refractivity contribution is 0.468. The summed E-state index contributed by atoms with van der Waals surface area (Å²) in [6.07, 6.45) is 0. The van der Waals surface area contributed by atoms with E-state index in [2.05, 4.69) is 47.8 Å². The normalized spacial score (nSPS) is 10.5. The van der Waals surface area contributed by atoms with Crippen LogP contribution in [-0.2, 0) is 0 Å². The molecule has 0 spiro atoms. The molecule has 0 radical (unpaired) electrons. The Hall–Kier alpha value is -0.520. The van der Waals surface area contributed by atoms with E-state index in [1.54, 1.807) is 30.3 Å². The summed E-state index contributed by atoms with van der Waals surface area (Å²) in [6.45, 7) is 0. The number of para-hydroxylation sites is 1. The van der Waals surface area contributed by atoms with Crippen LogP contribution in [0.15, 0.2) is 43.7 Å². The molecule has 0 bridgehead atoms. The fourth-order valence-corrected chi connectivity index (χ4v) is 3.15. The Morgan fingerprint density at radius 2 is 1.47 bits per heavy atom. The van der Waals surface area contributed by atoms with E-state index < -0.39 is 0 Å². The van der Waals surface area contributed by atoms with Gasteiger partial charge in [-0.25, -0.2) is 0 Å². The predicted molar refractivity (Wildman–Crippen MR) is 78.3 cm³/mol. The third-order valence-corrected chi connectivity index (χ3v) is 5.62. The summed E-state index contributed by atoms with van der Waals surface area (Å²) in [7, 11) is 0. The van der Waals surface area contributed by atoms with Crippen molar-refractivity contribution >= 4 is 47.8 Å². The molecule has 2 aromatic rings. The molecule has 0 aliphatic heterocycles. The molecule has 5 heteroatoms. The Bertz CT molecular complexity index is 582. The Kier molecular flexibility index (Phi) is 3.80. The lowest BCUT2D eigenvalue weighted by atomic mass is 10.0. The Morgan fingerprint density at radius 3 is 2.12 bits per heavy atom. The lowest BCUT2D eigenvalue weighted by Gasteiger charge is -2.12. The highest BCUT2D eigenvalue weighted by molar-refractivity contribution is 9.14. The van der Waals surface area contributed by atoms with E-state index in [-0.39, 0.29) is 11.5 Å². The van der Waals surface area contributed by atoms with Crippen LogP contribution in [0, 0.1) is 0 Å². The van der Waals surface area contributed by atoms with Crippen molar-refractivity contribution in [1.29, 1.82) is 0 Å². The Labute approximate surface area is 124 Å². The van der Waals surface area contributed by atoms with Gasteiger partial charge in [-0.05, 0) is 59.9 Å². The van der Waals surface area contributed by atoms with E-state index in [0.29, 0.717) is 15.6 Å². The van der Waals surface area contributed by atoms with Gasteiger partial charge in [-0.3, -0.25) is 0 Å². The second kappa shape index (κ2) is 5.00. The quantitative estimate of drug-likeness (QED) is 0.631. The number of hydrogen-bond acceptors (Lipinski definition) is 2. The highest BCUT2D eigenvalue weighted by Gasteiger charge is 2.17. The maximum atomic E-state index is 9.98. The van der Waals surface area contributed by atoms with Crippen LogP contribution in [0.4, 0.5) is 0 Å². The zero-order valence-electron chi connectivity index (χ0n) is 8.42. The van der Waals surface area contributed by atoms with E-state index >= 15 is 0 Å². The molecule has 2 nitrogen and oxygen atoms in total. The van der Waals surface area contributed by atoms with Gasteiger partial charge in [0, 0.05) is 24.5 Å². The van der Waals surface area contributed by atoms with Gasteiger partial charge in [0.15, 0.2) is 0 Å². The lowest BCUT2D eigenvalue weighted by Crippen LogP contribution is -1.85. The number of hydrogen-bond donors (Lipinski definition) is 2. The summed E-state index contributed by atoms with van der Waals surface area (Å²) in [5.41, 5.74) is 1.13. The fourth-order valence-electron chi connectivity index (χ4n) is 1.52. The van der Waals surface area contributed by atoms with Gasteiger partial charge < -0.3 is 10.2 Å². The zero-order valence-corrected chi connectivity index (χ0v) is 13.2. The molecule has 0 saturated carbocycles. The van der Waals surface area contributed by atoms with Crippen LogP contribution in [-0.4, -0.2) is 10.2 Å². The van der Waals surface area contributed by atoms with Crippen molar-refractivity contribution in [2.45, 2.75) is 0 Å². The van der Waals surface area contributed by atoms with Crippen LogP contribution in [0.2, 0.25) is 0 Å². The topological polar surface area (TPSA) is 40.5 Å². The molecular formula is C12H7Br3O2. The van der Waals surface area contributed by atoms with Crippen molar-refractivity contribution < 1.29 is 10.2 Å². The molecule has 0 atom stereocenters. The van der Waals surface area contributed by atoms with Gasteiger partial charge in [0.2, 0.25) is 0 Å². The molecule has 0 saturated heterocycles. The zero-order chi connectivity index (χ0) is 12.6. The van der Waals surface area contributed by atoms with Gasteiger partial charge in [-0.2, -0.15) is 0 Å². The first-order valence-electron chi connectivity index (χ1n) is 4.67. The SMILES string of the molecule is Oc1ccccc1-c1c(O)cc(Br)c(Br)c1Br. The van der Waals surface area contributed by atoms with Crippen LogP contribution in [0.1, 0.15) is 0 Å². The van der Waals surface area contributed by atoms with Gasteiger partial charge >= 0.3 is 0 Å². The van der Waals surface area contributed by atoms with Crippen molar-refractivity contribution in [3.63, 3.8) is 0 Å². The van der Waals surface area contributed by atoms with Gasteiger partial charge in [-0.1, -0.05) is 18.2 Å². The largest absolute Gasteiger partial charge is 0.507 e. The molecule has 0 aliphatic rings. The van der Waals surface area contributed by atoms with Crippen LogP contribution < -0.4 is 0 Å². The third-order valence-electron chi connectivity index (χ3n) is 2.31. The minimum atomic E-state index is 0.0912. The molecule has 2 aromatic carbocycles. The van der Waals surface area contributed by atoms with Crippen molar-refractivity contribution in [3.8, 4) is 22.6 Å². The maximum absolute atomic E-state index is 9.98. The third kappa shape index (κ3) is 2.37. The summed E-state index contributed by atoms with van der Waals surface area (Å²) in [4.78, 5) is 0. The molecule has 0 aromatic heterocycles. The summed E-state index contributed by atoms with van der Waals surface area (Å²) < 4.78 is 2.21. The minimum absolute atomic E-state index is 0.0912. The van der Waals surface area contributed by atoms with Gasteiger partial charge in [0.05, 0.1) is 0 Å². The van der Waals surface area contributed by atoms with E-state index in [4.69, 9.17) is 0 Å². The Balaban J connectivity index is 2.77. The highest BCUT2D eigenvalue weighted by atomic mass is 79.9. The second-order valence-corrected chi connectivity index (χ2v) is 5.84. The maximum Gasteiger partial charge on any atom is 0.125 e. The van der Waals surface area contributed by atoms with Crippen molar-refractivity contribution in [1.82, 2.24) is 0 Å². The number of rotatable bonds is 1. The fraction of sp³-hybridized carbons (Fsp3) is 0. The average molecular weight is 423 g/mol. The molecule has 0 unspecified atom stereocenters. The number of phenolic OH excluding ortho intramolecular Hbond substituents is 2. The highest BCUT2D eigenvalue weighted by Crippen LogP contribution is 2.46. The molecule has 2 rings (SSSR count). The van der Waals surface area contributed by atoms with Gasteiger partial charge in [0.1, 0.15) is 11.5 Å². The van der Waals surface area contributed by atoms with Crippen molar-refractivity contribution in [2.75, 3.05) is 0 Å². The van der Waals surface area contributed by atoms with E-state index in [9.17, 15) is 10.2 Å². The van der Waals surface area contributed by atoms with Crippen molar-refractivity contribution in [2.24, 2.45) is 0 Å². The minimum Gasteiger partial charge on any atom is -0.507 e. The average Bonchev–Trinajstić information content (AvgIpc) is 2.29. The summed E-state index contributed by atoms with van der Waals surface area (Å²) in [5.74, 6) is 0.214.